The Bertz CT molecular complexity index is 372. The maximum atomic E-state index is 11.2. The van der Waals surface area contributed by atoms with Crippen LogP contribution in [0.25, 0.3) is 0 Å². The van der Waals surface area contributed by atoms with Crippen molar-refractivity contribution in [2.75, 3.05) is 12.8 Å². The van der Waals surface area contributed by atoms with Crippen molar-refractivity contribution < 1.29 is 18.3 Å². The van der Waals surface area contributed by atoms with Crippen molar-refractivity contribution in [1.29, 1.82) is 0 Å². The molecule has 0 aliphatic heterocycles. The third-order valence-corrected chi connectivity index (χ3v) is 4.17. The first kappa shape index (κ1) is 12.0. The Morgan fingerprint density at radius 2 is 2.33 bits per heavy atom. The third kappa shape index (κ3) is 3.91. The predicted molar refractivity (Wildman–Crippen MR) is 56.6 cm³/mol. The molecular formula is C9H15NO4S. The fraction of sp³-hybridized carbons (Fsp3) is 0.667. The Morgan fingerprint density at radius 1 is 1.67 bits per heavy atom. The van der Waals surface area contributed by atoms with E-state index in [1.165, 1.54) is 6.26 Å². The molecule has 0 bridgehead atoms. The van der Waals surface area contributed by atoms with Gasteiger partial charge in [-0.25, -0.2) is 13.2 Å². The van der Waals surface area contributed by atoms with Crippen LogP contribution in [0.1, 0.15) is 19.3 Å². The molecule has 0 fully saturated rings. The molecule has 1 amide bonds. The molecule has 0 radical (unpaired) electrons. The van der Waals surface area contributed by atoms with Gasteiger partial charge in [-0.15, -0.1) is 0 Å². The SMILES string of the molecule is CS(=O)(=O)C1CC=C(CNC(=O)O)CC1. The standard InChI is InChI=1S/C9H15NO4S/c1-15(13,14)8-4-2-7(3-5-8)6-10-9(11)12/h2,8,10H,3-6H2,1H3,(H,11,12). The molecule has 0 saturated carbocycles. The lowest BCUT2D eigenvalue weighted by Crippen LogP contribution is -2.27. The molecule has 5 nitrogen and oxygen atoms in total. The minimum absolute atomic E-state index is 0.297. The van der Waals surface area contributed by atoms with Gasteiger partial charge in [0.2, 0.25) is 0 Å². The number of sulfone groups is 1. The third-order valence-electron chi connectivity index (χ3n) is 2.53. The van der Waals surface area contributed by atoms with Crippen molar-refractivity contribution in [3.05, 3.63) is 11.6 Å². The van der Waals surface area contributed by atoms with Gasteiger partial charge in [-0.3, -0.25) is 0 Å². The average molecular weight is 233 g/mol. The van der Waals surface area contributed by atoms with E-state index in [9.17, 15) is 13.2 Å². The molecule has 2 N–H and O–H groups in total. The predicted octanol–water partition coefficient (Wildman–Crippen LogP) is 0.778. The van der Waals surface area contributed by atoms with E-state index in [0.29, 0.717) is 25.8 Å². The Kier molecular flexibility index (Phi) is 3.73. The van der Waals surface area contributed by atoms with E-state index < -0.39 is 15.9 Å². The lowest BCUT2D eigenvalue weighted by molar-refractivity contribution is 0.195. The van der Waals surface area contributed by atoms with Crippen LogP contribution in [-0.2, 0) is 9.84 Å². The van der Waals surface area contributed by atoms with Crippen LogP contribution in [0.2, 0.25) is 0 Å². The van der Waals surface area contributed by atoms with Gasteiger partial charge in [0.15, 0.2) is 9.84 Å². The van der Waals surface area contributed by atoms with Crippen LogP contribution < -0.4 is 5.32 Å². The monoisotopic (exact) mass is 233 g/mol. The molecule has 0 spiro atoms. The summed E-state index contributed by atoms with van der Waals surface area (Å²) in [6.45, 7) is 0.297. The molecule has 1 atom stereocenters. The van der Waals surface area contributed by atoms with Crippen molar-refractivity contribution in [3.8, 4) is 0 Å². The zero-order valence-electron chi connectivity index (χ0n) is 8.56. The summed E-state index contributed by atoms with van der Waals surface area (Å²) in [6, 6.07) is 0. The second-order valence-electron chi connectivity index (χ2n) is 3.75. The highest BCUT2D eigenvalue weighted by Crippen LogP contribution is 2.22. The highest BCUT2D eigenvalue weighted by atomic mass is 32.2. The topological polar surface area (TPSA) is 83.5 Å². The number of rotatable bonds is 3. The Labute approximate surface area is 89.1 Å². The Balaban J connectivity index is 2.49. The number of amides is 1. The number of hydrogen-bond donors (Lipinski definition) is 2. The van der Waals surface area contributed by atoms with E-state index in [1.807, 2.05) is 6.08 Å². The van der Waals surface area contributed by atoms with Crippen molar-refractivity contribution >= 4 is 15.9 Å². The van der Waals surface area contributed by atoms with Gasteiger partial charge in [0.1, 0.15) is 0 Å². The van der Waals surface area contributed by atoms with Crippen LogP contribution in [-0.4, -0.2) is 37.7 Å². The van der Waals surface area contributed by atoms with E-state index >= 15 is 0 Å². The highest BCUT2D eigenvalue weighted by molar-refractivity contribution is 7.91. The number of hydrogen-bond acceptors (Lipinski definition) is 3. The van der Waals surface area contributed by atoms with Crippen LogP contribution >= 0.6 is 0 Å². The number of nitrogens with one attached hydrogen (secondary N) is 1. The first-order chi connectivity index (χ1) is 6.89. The minimum Gasteiger partial charge on any atom is -0.465 e. The van der Waals surface area contributed by atoms with Gasteiger partial charge >= 0.3 is 6.09 Å². The highest BCUT2D eigenvalue weighted by Gasteiger charge is 2.23. The summed E-state index contributed by atoms with van der Waals surface area (Å²) in [4.78, 5) is 10.2. The van der Waals surface area contributed by atoms with Crippen LogP contribution in [0.3, 0.4) is 0 Å². The summed E-state index contributed by atoms with van der Waals surface area (Å²) in [7, 11) is -2.96. The molecule has 0 heterocycles. The normalized spacial score (nSPS) is 21.9. The van der Waals surface area contributed by atoms with Gasteiger partial charge < -0.3 is 10.4 Å². The van der Waals surface area contributed by atoms with Crippen molar-refractivity contribution in [2.45, 2.75) is 24.5 Å². The molecular weight excluding hydrogens is 218 g/mol. The summed E-state index contributed by atoms with van der Waals surface area (Å²) in [5.41, 5.74) is 0.970. The number of carbonyl (C=O) groups is 1. The summed E-state index contributed by atoms with van der Waals surface area (Å²) in [5.74, 6) is 0. The molecule has 0 aromatic carbocycles. The first-order valence-electron chi connectivity index (χ1n) is 4.73. The number of carboxylic acid groups (broad SMARTS) is 1. The Hall–Kier alpha value is -1.04. The van der Waals surface area contributed by atoms with Crippen LogP contribution in [0.5, 0.6) is 0 Å². The molecule has 0 aromatic rings. The first-order valence-corrected chi connectivity index (χ1v) is 6.68. The van der Waals surface area contributed by atoms with Crippen molar-refractivity contribution in [1.82, 2.24) is 5.32 Å². The van der Waals surface area contributed by atoms with Crippen LogP contribution in [0.4, 0.5) is 4.79 Å². The lowest BCUT2D eigenvalue weighted by Gasteiger charge is -2.20. The molecule has 1 rings (SSSR count). The van der Waals surface area contributed by atoms with Crippen molar-refractivity contribution in [2.24, 2.45) is 0 Å². The van der Waals surface area contributed by atoms with Crippen molar-refractivity contribution in [3.63, 3.8) is 0 Å². The quantitative estimate of drug-likeness (QED) is 0.705. The van der Waals surface area contributed by atoms with E-state index in [-0.39, 0.29) is 5.25 Å². The largest absolute Gasteiger partial charge is 0.465 e. The summed E-state index contributed by atoms with van der Waals surface area (Å²) < 4.78 is 22.4. The van der Waals surface area contributed by atoms with Gasteiger partial charge in [-0.05, 0) is 19.3 Å². The van der Waals surface area contributed by atoms with Gasteiger partial charge in [-0.1, -0.05) is 11.6 Å². The molecule has 1 aliphatic carbocycles. The van der Waals surface area contributed by atoms with E-state index in [1.54, 1.807) is 0 Å². The molecule has 0 aromatic heterocycles. The summed E-state index contributed by atoms with van der Waals surface area (Å²) in [5, 5.41) is 10.4. The smallest absolute Gasteiger partial charge is 0.404 e. The van der Waals surface area contributed by atoms with Gasteiger partial charge in [0, 0.05) is 12.8 Å². The van der Waals surface area contributed by atoms with Gasteiger partial charge in [0.25, 0.3) is 0 Å². The molecule has 0 saturated heterocycles. The molecule has 15 heavy (non-hydrogen) atoms. The molecule has 1 aliphatic rings. The average Bonchev–Trinajstić information content (AvgIpc) is 2.14. The van der Waals surface area contributed by atoms with Crippen LogP contribution in [0.15, 0.2) is 11.6 Å². The molecule has 6 heteroatoms. The van der Waals surface area contributed by atoms with E-state index in [0.717, 1.165) is 5.57 Å². The van der Waals surface area contributed by atoms with E-state index in [4.69, 9.17) is 5.11 Å². The zero-order valence-corrected chi connectivity index (χ0v) is 9.38. The maximum Gasteiger partial charge on any atom is 0.404 e. The Morgan fingerprint density at radius 3 is 2.73 bits per heavy atom. The lowest BCUT2D eigenvalue weighted by atomic mass is 9.99. The second kappa shape index (κ2) is 4.65. The van der Waals surface area contributed by atoms with Crippen LogP contribution in [0, 0.1) is 0 Å². The fourth-order valence-electron chi connectivity index (χ4n) is 1.60. The van der Waals surface area contributed by atoms with Gasteiger partial charge in [-0.2, -0.15) is 0 Å². The second-order valence-corrected chi connectivity index (χ2v) is 6.07. The number of allylic oxidation sites excluding steroid dienone is 1. The molecule has 1 unspecified atom stereocenters. The zero-order chi connectivity index (χ0) is 11.5. The van der Waals surface area contributed by atoms with Gasteiger partial charge in [0.05, 0.1) is 5.25 Å². The summed E-state index contributed by atoms with van der Waals surface area (Å²) in [6.07, 6.45) is 3.75. The fourth-order valence-corrected chi connectivity index (χ4v) is 2.59. The summed E-state index contributed by atoms with van der Waals surface area (Å²) >= 11 is 0. The van der Waals surface area contributed by atoms with E-state index in [2.05, 4.69) is 5.32 Å². The minimum atomic E-state index is -2.96. The molecule has 86 valence electrons. The maximum absolute atomic E-state index is 11.2.